The number of alkyl halides is 1. The van der Waals surface area contributed by atoms with Crippen LogP contribution >= 0.6 is 0 Å². The Kier molecular flexibility index (Phi) is 2.63. The summed E-state index contributed by atoms with van der Waals surface area (Å²) in [5.41, 5.74) is 6.12. The fourth-order valence-corrected chi connectivity index (χ4v) is 1.84. The molecule has 0 bridgehead atoms. The number of halogens is 1. The van der Waals surface area contributed by atoms with Gasteiger partial charge in [-0.05, 0) is 25.5 Å². The highest BCUT2D eigenvalue weighted by molar-refractivity contribution is 5.40. The number of nitrogen functional groups attached to an aromatic ring is 1. The molecule has 0 amide bonds. The number of pyridine rings is 1. The van der Waals surface area contributed by atoms with Gasteiger partial charge in [0.2, 0.25) is 0 Å². The summed E-state index contributed by atoms with van der Waals surface area (Å²) in [5.74, 6) is 0.300. The first kappa shape index (κ1) is 9.40. The van der Waals surface area contributed by atoms with Crippen molar-refractivity contribution in [3.05, 3.63) is 23.9 Å². The molecule has 1 saturated heterocycles. The van der Waals surface area contributed by atoms with Crippen LogP contribution in [0.1, 0.15) is 24.6 Å². The quantitative estimate of drug-likeness (QED) is 0.750. The van der Waals surface area contributed by atoms with Crippen molar-refractivity contribution in [1.82, 2.24) is 10.3 Å². The van der Waals surface area contributed by atoms with Gasteiger partial charge in [0.1, 0.15) is 12.0 Å². The number of rotatable bonds is 2. The van der Waals surface area contributed by atoms with Crippen LogP contribution in [0, 0.1) is 0 Å². The van der Waals surface area contributed by atoms with Crippen LogP contribution in [0.5, 0.6) is 0 Å². The minimum Gasteiger partial charge on any atom is -0.383 e. The second kappa shape index (κ2) is 3.92. The Morgan fingerprint density at radius 1 is 1.64 bits per heavy atom. The van der Waals surface area contributed by atoms with E-state index in [-0.39, 0.29) is 6.04 Å². The topological polar surface area (TPSA) is 50.9 Å². The smallest absolute Gasteiger partial charge is 0.144 e. The average Bonchev–Trinajstić information content (AvgIpc) is 2.70. The molecule has 2 atom stereocenters. The number of nitrogens with two attached hydrogens (primary N) is 1. The number of hydrogen-bond acceptors (Lipinski definition) is 3. The molecule has 0 saturated carbocycles. The van der Waals surface area contributed by atoms with Gasteiger partial charge in [-0.15, -0.1) is 0 Å². The lowest BCUT2D eigenvalue weighted by Crippen LogP contribution is -2.27. The third kappa shape index (κ3) is 1.70. The molecule has 0 radical (unpaired) electrons. The van der Waals surface area contributed by atoms with E-state index in [0.29, 0.717) is 11.4 Å². The minimum absolute atomic E-state index is 0.0958. The molecule has 1 aliphatic rings. The molecule has 76 valence electrons. The Morgan fingerprint density at radius 2 is 2.50 bits per heavy atom. The molecule has 3 N–H and O–H groups in total. The Labute approximate surface area is 82.5 Å². The van der Waals surface area contributed by atoms with Crippen molar-refractivity contribution in [3.63, 3.8) is 0 Å². The molecule has 2 rings (SSSR count). The number of aromatic nitrogens is 1. The molecule has 0 aromatic carbocycles. The van der Waals surface area contributed by atoms with Gasteiger partial charge in [-0.3, -0.25) is 0 Å². The summed E-state index contributed by atoms with van der Waals surface area (Å²) in [5, 5.41) is 3.12. The van der Waals surface area contributed by atoms with Crippen LogP contribution in [0.4, 0.5) is 10.2 Å². The zero-order valence-electron chi connectivity index (χ0n) is 7.91. The van der Waals surface area contributed by atoms with Crippen LogP contribution < -0.4 is 11.1 Å². The van der Waals surface area contributed by atoms with E-state index >= 15 is 0 Å². The first-order chi connectivity index (χ1) is 6.79. The zero-order chi connectivity index (χ0) is 9.97. The van der Waals surface area contributed by atoms with E-state index < -0.39 is 6.17 Å². The van der Waals surface area contributed by atoms with Crippen LogP contribution in [0.25, 0.3) is 0 Å². The molecule has 1 aromatic heterocycles. The Hall–Kier alpha value is -1.16. The highest BCUT2D eigenvalue weighted by atomic mass is 19.1. The van der Waals surface area contributed by atoms with Gasteiger partial charge in [0.15, 0.2) is 0 Å². The van der Waals surface area contributed by atoms with Gasteiger partial charge < -0.3 is 11.1 Å². The van der Waals surface area contributed by atoms with E-state index in [9.17, 15) is 4.39 Å². The van der Waals surface area contributed by atoms with Crippen LogP contribution in [0.3, 0.4) is 0 Å². The summed E-state index contributed by atoms with van der Waals surface area (Å²) < 4.78 is 13.9. The molecule has 2 heterocycles. The molecule has 0 spiro atoms. The van der Waals surface area contributed by atoms with E-state index in [2.05, 4.69) is 10.3 Å². The van der Waals surface area contributed by atoms with Gasteiger partial charge in [0, 0.05) is 17.8 Å². The predicted octanol–water partition coefficient (Wildman–Crippen LogP) is 1.43. The maximum Gasteiger partial charge on any atom is 0.144 e. The van der Waals surface area contributed by atoms with Gasteiger partial charge in [-0.25, -0.2) is 9.37 Å². The SMILES string of the molecule is Nc1ncccc1C(F)C1CCCN1. The number of nitrogens with zero attached hydrogens (tertiary/aromatic N) is 1. The fourth-order valence-electron chi connectivity index (χ4n) is 1.84. The molecular formula is C10H14FN3. The second-order valence-corrected chi connectivity index (χ2v) is 3.58. The summed E-state index contributed by atoms with van der Waals surface area (Å²) in [6.45, 7) is 0.894. The van der Waals surface area contributed by atoms with E-state index in [1.807, 2.05) is 0 Å². The van der Waals surface area contributed by atoms with Crippen molar-refractivity contribution in [2.45, 2.75) is 25.1 Å². The molecule has 1 fully saturated rings. The van der Waals surface area contributed by atoms with E-state index in [4.69, 9.17) is 5.73 Å². The lowest BCUT2D eigenvalue weighted by molar-refractivity contribution is 0.271. The minimum atomic E-state index is -1.04. The zero-order valence-corrected chi connectivity index (χ0v) is 7.91. The largest absolute Gasteiger partial charge is 0.383 e. The summed E-state index contributed by atoms with van der Waals surface area (Å²) in [6, 6.07) is 3.32. The maximum atomic E-state index is 13.9. The van der Waals surface area contributed by atoms with Crippen molar-refractivity contribution < 1.29 is 4.39 Å². The van der Waals surface area contributed by atoms with Gasteiger partial charge >= 0.3 is 0 Å². The van der Waals surface area contributed by atoms with Gasteiger partial charge in [0.05, 0.1) is 0 Å². The van der Waals surface area contributed by atoms with Gasteiger partial charge in [0.25, 0.3) is 0 Å². The highest BCUT2D eigenvalue weighted by Crippen LogP contribution is 2.29. The Morgan fingerprint density at radius 3 is 3.14 bits per heavy atom. The number of hydrogen-bond donors (Lipinski definition) is 2. The molecule has 2 unspecified atom stereocenters. The van der Waals surface area contributed by atoms with Crippen LogP contribution in [-0.4, -0.2) is 17.6 Å². The van der Waals surface area contributed by atoms with Crippen molar-refractivity contribution in [2.24, 2.45) is 0 Å². The van der Waals surface area contributed by atoms with Crippen molar-refractivity contribution in [2.75, 3.05) is 12.3 Å². The normalized spacial score (nSPS) is 23.6. The number of nitrogens with one attached hydrogen (secondary N) is 1. The Bertz CT molecular complexity index is 310. The summed E-state index contributed by atoms with van der Waals surface area (Å²) in [7, 11) is 0. The summed E-state index contributed by atoms with van der Waals surface area (Å²) in [4.78, 5) is 3.88. The molecule has 0 aliphatic carbocycles. The third-order valence-electron chi connectivity index (χ3n) is 2.62. The van der Waals surface area contributed by atoms with E-state index in [1.54, 1.807) is 18.3 Å². The standard InChI is InChI=1S/C10H14FN3/c11-9(8-4-2-5-13-8)7-3-1-6-14-10(7)12/h1,3,6,8-9,13H,2,4-5H2,(H2,12,14). The lowest BCUT2D eigenvalue weighted by Gasteiger charge is -2.16. The molecule has 3 nitrogen and oxygen atoms in total. The summed E-state index contributed by atoms with van der Waals surface area (Å²) >= 11 is 0. The third-order valence-corrected chi connectivity index (χ3v) is 2.62. The molecule has 4 heteroatoms. The van der Waals surface area contributed by atoms with Crippen LogP contribution in [0.2, 0.25) is 0 Å². The van der Waals surface area contributed by atoms with E-state index in [1.165, 1.54) is 0 Å². The molecular weight excluding hydrogens is 181 g/mol. The second-order valence-electron chi connectivity index (χ2n) is 3.58. The van der Waals surface area contributed by atoms with Gasteiger partial charge in [-0.2, -0.15) is 0 Å². The van der Waals surface area contributed by atoms with Crippen molar-refractivity contribution in [1.29, 1.82) is 0 Å². The lowest BCUT2D eigenvalue weighted by atomic mass is 10.0. The fraction of sp³-hybridized carbons (Fsp3) is 0.500. The Balaban J connectivity index is 2.17. The first-order valence-corrected chi connectivity index (χ1v) is 4.87. The van der Waals surface area contributed by atoms with Gasteiger partial charge in [-0.1, -0.05) is 6.07 Å². The van der Waals surface area contributed by atoms with Crippen molar-refractivity contribution >= 4 is 5.82 Å². The molecule has 1 aromatic rings. The highest BCUT2D eigenvalue weighted by Gasteiger charge is 2.27. The summed E-state index contributed by atoms with van der Waals surface area (Å²) in [6.07, 6.45) is 2.44. The first-order valence-electron chi connectivity index (χ1n) is 4.87. The van der Waals surface area contributed by atoms with Crippen LogP contribution in [-0.2, 0) is 0 Å². The van der Waals surface area contributed by atoms with Crippen molar-refractivity contribution in [3.8, 4) is 0 Å². The molecule has 1 aliphatic heterocycles. The maximum absolute atomic E-state index is 13.9. The number of anilines is 1. The average molecular weight is 195 g/mol. The predicted molar refractivity (Wildman–Crippen MR) is 53.5 cm³/mol. The van der Waals surface area contributed by atoms with E-state index in [0.717, 1.165) is 19.4 Å². The van der Waals surface area contributed by atoms with Crippen LogP contribution in [0.15, 0.2) is 18.3 Å². The molecule has 14 heavy (non-hydrogen) atoms. The monoisotopic (exact) mass is 195 g/mol.